The van der Waals surface area contributed by atoms with Crippen LogP contribution in [0.25, 0.3) is 0 Å². The summed E-state index contributed by atoms with van der Waals surface area (Å²) >= 11 is 0. The van der Waals surface area contributed by atoms with Crippen LogP contribution in [0.4, 0.5) is 4.79 Å². The molecule has 1 aliphatic rings. The Hall–Kier alpha value is -1.84. The molecular formula is C11H13N3O. The zero-order valence-corrected chi connectivity index (χ0v) is 8.53. The Kier molecular flexibility index (Phi) is 2.41. The Balaban J connectivity index is 2.32. The van der Waals surface area contributed by atoms with Crippen LogP contribution in [0, 0.1) is 0 Å². The third-order valence-corrected chi connectivity index (χ3v) is 2.60. The smallest absolute Gasteiger partial charge is 0.332 e. The van der Waals surface area contributed by atoms with Gasteiger partial charge in [-0.15, -0.1) is 0 Å². The van der Waals surface area contributed by atoms with Crippen LogP contribution in [-0.4, -0.2) is 11.7 Å². The van der Waals surface area contributed by atoms with Gasteiger partial charge in [0, 0.05) is 5.56 Å². The number of amides is 2. The van der Waals surface area contributed by atoms with E-state index in [4.69, 9.17) is 5.73 Å². The largest absolute Gasteiger partial charge is 0.350 e. The summed E-state index contributed by atoms with van der Waals surface area (Å²) in [5.41, 5.74) is 10.5. The number of nitrogens with zero attached hydrogens (tertiary/aromatic N) is 1. The number of nitrogens with one attached hydrogen (secondary N) is 1. The van der Waals surface area contributed by atoms with Gasteiger partial charge in [0.15, 0.2) is 0 Å². The average molecular weight is 203 g/mol. The van der Waals surface area contributed by atoms with E-state index in [1.165, 1.54) is 5.56 Å². The lowest BCUT2D eigenvalue weighted by Crippen LogP contribution is -2.25. The minimum absolute atomic E-state index is 0.453. The molecule has 0 aliphatic heterocycles. The second kappa shape index (κ2) is 3.73. The second-order valence-electron chi connectivity index (χ2n) is 3.73. The van der Waals surface area contributed by atoms with Crippen LogP contribution < -0.4 is 11.2 Å². The van der Waals surface area contributed by atoms with Gasteiger partial charge in [-0.1, -0.05) is 31.2 Å². The van der Waals surface area contributed by atoms with Crippen LogP contribution in [0.3, 0.4) is 0 Å². The first kappa shape index (κ1) is 9.71. The molecule has 1 aliphatic carbocycles. The van der Waals surface area contributed by atoms with Gasteiger partial charge in [0.25, 0.3) is 0 Å². The molecule has 0 saturated heterocycles. The second-order valence-corrected chi connectivity index (χ2v) is 3.73. The van der Waals surface area contributed by atoms with Crippen molar-refractivity contribution < 1.29 is 4.79 Å². The lowest BCUT2D eigenvalue weighted by Gasteiger charge is -2.00. The van der Waals surface area contributed by atoms with Crippen molar-refractivity contribution in [1.29, 1.82) is 0 Å². The number of hydrazone groups is 1. The highest BCUT2D eigenvalue weighted by molar-refractivity contribution is 6.05. The molecule has 2 amide bonds. The number of hydrogen-bond acceptors (Lipinski definition) is 2. The zero-order chi connectivity index (χ0) is 10.8. The monoisotopic (exact) mass is 203 g/mol. The number of nitrogens with two attached hydrogens (primary N) is 1. The van der Waals surface area contributed by atoms with Gasteiger partial charge in [-0.3, -0.25) is 0 Å². The van der Waals surface area contributed by atoms with E-state index in [9.17, 15) is 4.79 Å². The average Bonchev–Trinajstić information content (AvgIpc) is 2.54. The summed E-state index contributed by atoms with van der Waals surface area (Å²) in [6.45, 7) is 2.14. The molecule has 0 heterocycles. The van der Waals surface area contributed by atoms with Gasteiger partial charge < -0.3 is 5.73 Å². The number of hydrogen-bond donors (Lipinski definition) is 2. The Labute approximate surface area is 88.2 Å². The van der Waals surface area contributed by atoms with Crippen molar-refractivity contribution >= 4 is 11.7 Å². The topological polar surface area (TPSA) is 67.5 Å². The summed E-state index contributed by atoms with van der Waals surface area (Å²) < 4.78 is 0. The fourth-order valence-corrected chi connectivity index (χ4v) is 1.93. The van der Waals surface area contributed by atoms with Crippen molar-refractivity contribution in [3.8, 4) is 0 Å². The van der Waals surface area contributed by atoms with Crippen LogP contribution >= 0.6 is 0 Å². The molecule has 3 N–H and O–H groups in total. The van der Waals surface area contributed by atoms with Crippen molar-refractivity contribution in [3.05, 3.63) is 35.4 Å². The highest BCUT2D eigenvalue weighted by Gasteiger charge is 2.23. The number of carbonyl (C=O) groups excluding carboxylic acids is 1. The fourth-order valence-electron chi connectivity index (χ4n) is 1.93. The first-order chi connectivity index (χ1) is 7.18. The van der Waals surface area contributed by atoms with Crippen molar-refractivity contribution in [2.45, 2.75) is 19.3 Å². The Morgan fingerprint density at radius 3 is 3.00 bits per heavy atom. The normalized spacial score (nSPS) is 21.4. The molecule has 4 nitrogen and oxygen atoms in total. The maximum atomic E-state index is 10.6. The number of urea groups is 1. The van der Waals surface area contributed by atoms with Crippen molar-refractivity contribution in [2.24, 2.45) is 10.8 Å². The van der Waals surface area contributed by atoms with Crippen molar-refractivity contribution in [1.82, 2.24) is 5.43 Å². The molecule has 4 heteroatoms. The van der Waals surface area contributed by atoms with E-state index in [0.717, 1.165) is 17.7 Å². The van der Waals surface area contributed by atoms with E-state index < -0.39 is 6.03 Å². The minimum atomic E-state index is -0.625. The van der Waals surface area contributed by atoms with E-state index in [1.807, 2.05) is 18.2 Å². The van der Waals surface area contributed by atoms with E-state index in [0.29, 0.717) is 5.92 Å². The number of carbonyl (C=O) groups is 1. The zero-order valence-electron chi connectivity index (χ0n) is 8.53. The van der Waals surface area contributed by atoms with Gasteiger partial charge in [0.05, 0.1) is 5.71 Å². The van der Waals surface area contributed by atoms with Crippen LogP contribution in [0.15, 0.2) is 29.4 Å². The van der Waals surface area contributed by atoms with Gasteiger partial charge in [-0.2, -0.15) is 5.10 Å². The molecule has 78 valence electrons. The van der Waals surface area contributed by atoms with Gasteiger partial charge >= 0.3 is 6.03 Å². The minimum Gasteiger partial charge on any atom is -0.350 e. The standard InChI is InChI=1S/C11H13N3O/c1-7-6-10(13-14-11(12)15)9-5-3-2-4-8(7)9/h2-5,7H,6H2,1H3,(H3,12,14,15)/b13-10+. The molecule has 0 spiro atoms. The molecule has 1 atom stereocenters. The molecule has 2 rings (SSSR count). The molecule has 0 aromatic heterocycles. The lowest BCUT2D eigenvalue weighted by atomic mass is 10.0. The quantitative estimate of drug-likeness (QED) is 0.668. The van der Waals surface area contributed by atoms with Crippen molar-refractivity contribution in [2.75, 3.05) is 0 Å². The SMILES string of the molecule is CC1C/C(=N\NC(N)=O)c2ccccc21. The Morgan fingerprint density at radius 2 is 2.27 bits per heavy atom. The fraction of sp³-hybridized carbons (Fsp3) is 0.273. The van der Waals surface area contributed by atoms with E-state index >= 15 is 0 Å². The predicted octanol–water partition coefficient (Wildman–Crippen LogP) is 1.57. The van der Waals surface area contributed by atoms with Crippen molar-refractivity contribution in [3.63, 3.8) is 0 Å². The number of fused-ring (bicyclic) bond motifs is 1. The van der Waals surface area contributed by atoms with Gasteiger partial charge in [0.2, 0.25) is 0 Å². The Bertz CT molecular complexity index is 426. The summed E-state index contributed by atoms with van der Waals surface area (Å²) in [7, 11) is 0. The van der Waals surface area contributed by atoms with Gasteiger partial charge in [-0.25, -0.2) is 10.2 Å². The summed E-state index contributed by atoms with van der Waals surface area (Å²) in [6.07, 6.45) is 0.847. The van der Waals surface area contributed by atoms with Gasteiger partial charge in [-0.05, 0) is 17.9 Å². The van der Waals surface area contributed by atoms with Crippen LogP contribution in [0.1, 0.15) is 30.4 Å². The summed E-state index contributed by atoms with van der Waals surface area (Å²) in [5.74, 6) is 0.453. The molecule has 0 bridgehead atoms. The summed E-state index contributed by atoms with van der Waals surface area (Å²) in [4.78, 5) is 10.6. The number of benzene rings is 1. The van der Waals surface area contributed by atoms with Crippen LogP contribution in [0.5, 0.6) is 0 Å². The van der Waals surface area contributed by atoms with E-state index in [-0.39, 0.29) is 0 Å². The number of primary amides is 1. The maximum Gasteiger partial charge on any atom is 0.332 e. The number of rotatable bonds is 1. The van der Waals surface area contributed by atoms with E-state index in [2.05, 4.69) is 23.5 Å². The molecule has 1 aromatic rings. The van der Waals surface area contributed by atoms with E-state index in [1.54, 1.807) is 0 Å². The first-order valence-electron chi connectivity index (χ1n) is 4.90. The molecular weight excluding hydrogens is 190 g/mol. The molecule has 0 fully saturated rings. The molecule has 15 heavy (non-hydrogen) atoms. The van der Waals surface area contributed by atoms with Crippen LogP contribution in [0.2, 0.25) is 0 Å². The maximum absolute atomic E-state index is 10.6. The molecule has 1 unspecified atom stereocenters. The lowest BCUT2D eigenvalue weighted by molar-refractivity contribution is 0.249. The first-order valence-corrected chi connectivity index (χ1v) is 4.90. The third-order valence-electron chi connectivity index (χ3n) is 2.60. The Morgan fingerprint density at radius 1 is 1.53 bits per heavy atom. The highest BCUT2D eigenvalue weighted by atomic mass is 16.2. The molecule has 0 saturated carbocycles. The third kappa shape index (κ3) is 1.83. The molecule has 1 aromatic carbocycles. The highest BCUT2D eigenvalue weighted by Crippen LogP contribution is 2.32. The summed E-state index contributed by atoms with van der Waals surface area (Å²) in [6, 6.07) is 7.46. The van der Waals surface area contributed by atoms with Gasteiger partial charge in [0.1, 0.15) is 0 Å². The molecule has 0 radical (unpaired) electrons. The summed E-state index contributed by atoms with van der Waals surface area (Å²) in [5, 5.41) is 4.01. The predicted molar refractivity (Wildman–Crippen MR) is 58.7 cm³/mol. The van der Waals surface area contributed by atoms with Crippen LogP contribution in [-0.2, 0) is 0 Å².